The molecule has 0 heterocycles. The Morgan fingerprint density at radius 3 is 2.19 bits per heavy atom. The molecule has 31 heavy (non-hydrogen) atoms. The highest BCUT2D eigenvalue weighted by Crippen LogP contribution is 2.36. The lowest BCUT2D eigenvalue weighted by Gasteiger charge is -2.24. The number of ketones is 1. The lowest BCUT2D eigenvalue weighted by Crippen LogP contribution is -2.54. The molecular formula is C20H29N2O8P. The normalized spacial score (nSPS) is 13.2. The van der Waals surface area contributed by atoms with Crippen molar-refractivity contribution in [3.05, 3.63) is 35.9 Å². The smallest absolute Gasteiger partial charge is 0.408 e. The molecule has 0 aliphatic heterocycles. The Morgan fingerprint density at radius 2 is 1.68 bits per heavy atom. The van der Waals surface area contributed by atoms with Crippen LogP contribution in [0.1, 0.15) is 25.8 Å². The van der Waals surface area contributed by atoms with E-state index in [1.165, 1.54) is 13.3 Å². The van der Waals surface area contributed by atoms with Crippen molar-refractivity contribution in [2.45, 2.75) is 39.0 Å². The molecule has 3 N–H and O–H groups in total. The fourth-order valence-corrected chi connectivity index (χ4v) is 2.87. The Balaban J connectivity index is 2.76. The first-order valence-electron chi connectivity index (χ1n) is 9.60. The van der Waals surface area contributed by atoms with E-state index in [1.807, 2.05) is 6.07 Å². The maximum atomic E-state index is 12.7. The van der Waals surface area contributed by atoms with Gasteiger partial charge in [-0.15, -0.1) is 0 Å². The van der Waals surface area contributed by atoms with E-state index in [9.17, 15) is 23.7 Å². The van der Waals surface area contributed by atoms with E-state index in [-0.39, 0.29) is 12.5 Å². The summed E-state index contributed by atoms with van der Waals surface area (Å²) in [4.78, 5) is 48.2. The second-order valence-corrected chi connectivity index (χ2v) is 10.3. The van der Waals surface area contributed by atoms with Crippen LogP contribution in [0.15, 0.2) is 30.3 Å². The van der Waals surface area contributed by atoms with Gasteiger partial charge < -0.3 is 25.0 Å². The van der Waals surface area contributed by atoms with Crippen LogP contribution in [0.25, 0.3) is 0 Å². The summed E-state index contributed by atoms with van der Waals surface area (Å²) in [5.41, 5.74) is 0.763. The molecule has 0 unspecified atom stereocenters. The van der Waals surface area contributed by atoms with E-state index < -0.39 is 56.2 Å². The molecule has 0 aromatic heterocycles. The molecule has 0 bridgehead atoms. The zero-order chi connectivity index (χ0) is 23.6. The summed E-state index contributed by atoms with van der Waals surface area (Å²) < 4.78 is 21.7. The van der Waals surface area contributed by atoms with Gasteiger partial charge in [0, 0.05) is 13.3 Å². The Labute approximate surface area is 181 Å². The van der Waals surface area contributed by atoms with Gasteiger partial charge in [-0.25, -0.2) is 4.79 Å². The number of hydrogen-bond acceptors (Lipinski definition) is 7. The summed E-state index contributed by atoms with van der Waals surface area (Å²) in [7, 11) is -2.97. The number of alkyl carbamates (subject to hydrolysis) is 1. The minimum atomic E-state index is -2.97. The molecule has 10 nitrogen and oxygen atoms in total. The van der Waals surface area contributed by atoms with Gasteiger partial charge in [-0.05, 0) is 11.5 Å². The molecule has 0 aliphatic carbocycles. The third-order valence-electron chi connectivity index (χ3n) is 4.04. The molecule has 1 aromatic carbocycles. The molecule has 0 saturated carbocycles. The zero-order valence-electron chi connectivity index (χ0n) is 18.0. The van der Waals surface area contributed by atoms with E-state index in [0.29, 0.717) is 0 Å². The number of Topliss-reactive ketones (excluding diaryl/α,β-unsaturated/α-hetero) is 1. The lowest BCUT2D eigenvalue weighted by molar-refractivity contribution is -0.140. The van der Waals surface area contributed by atoms with Crippen molar-refractivity contribution in [1.82, 2.24) is 10.6 Å². The molecule has 0 fully saturated rings. The van der Waals surface area contributed by atoms with Gasteiger partial charge in [0.05, 0.1) is 6.42 Å². The number of nitrogens with one attached hydrogen (secondary N) is 2. The van der Waals surface area contributed by atoms with Crippen molar-refractivity contribution >= 4 is 31.1 Å². The Hall–Kier alpha value is -2.71. The molecule has 2 atom stereocenters. The van der Waals surface area contributed by atoms with Gasteiger partial charge in [0.2, 0.25) is 5.91 Å². The predicted molar refractivity (Wildman–Crippen MR) is 113 cm³/mol. The number of carbonyl (C=O) groups excluding carboxylic acids is 3. The maximum Gasteiger partial charge on any atom is 0.408 e. The molecule has 0 spiro atoms. The number of carboxylic acid groups (broad SMARTS) is 1. The number of amides is 2. The summed E-state index contributed by atoms with van der Waals surface area (Å²) >= 11 is 0. The fraction of sp³-hybridized carbons (Fsp3) is 0.500. The average Bonchev–Trinajstić information content (AvgIpc) is 2.67. The summed E-state index contributed by atoms with van der Waals surface area (Å²) in [6.07, 6.45) is -1.52. The number of carboxylic acids is 1. The third-order valence-corrected chi connectivity index (χ3v) is 4.79. The summed E-state index contributed by atoms with van der Waals surface area (Å²) in [5, 5.41) is 13.8. The number of ether oxygens (including phenoxy) is 1. The summed E-state index contributed by atoms with van der Waals surface area (Å²) in [5.74, 6) is -3.19. The average molecular weight is 456 g/mol. The van der Waals surface area contributed by atoms with Gasteiger partial charge in [0.25, 0.3) is 0 Å². The van der Waals surface area contributed by atoms with Crippen molar-refractivity contribution in [3.8, 4) is 0 Å². The lowest BCUT2D eigenvalue weighted by atomic mass is 10.0. The van der Waals surface area contributed by atoms with Crippen LogP contribution in [-0.2, 0) is 34.8 Å². The third kappa shape index (κ3) is 10.8. The van der Waals surface area contributed by atoms with Crippen LogP contribution < -0.4 is 10.6 Å². The number of benzene rings is 1. The quantitative estimate of drug-likeness (QED) is 0.405. The molecule has 0 aliphatic rings. The standard InChI is InChI=1S/C20H29N2O8P/c1-13(2)18(22-20(27)29-11-14-8-6-5-7-9-14)19(26)21-15(10-17(24)25)16(23)12-30-31(3,4)28/h5-9,13,15,18H,10-12H2,1-4H3,(H,21,26)(H,22,27)(H,24,25)/t15-,18-/m0/s1. The fourth-order valence-electron chi connectivity index (χ4n) is 2.43. The largest absolute Gasteiger partial charge is 0.481 e. The van der Waals surface area contributed by atoms with Crippen molar-refractivity contribution in [2.75, 3.05) is 19.9 Å². The first-order chi connectivity index (χ1) is 14.4. The van der Waals surface area contributed by atoms with Gasteiger partial charge in [0.1, 0.15) is 25.3 Å². The monoisotopic (exact) mass is 456 g/mol. The number of rotatable bonds is 12. The van der Waals surface area contributed by atoms with Crippen molar-refractivity contribution in [2.24, 2.45) is 5.92 Å². The summed E-state index contributed by atoms with van der Waals surface area (Å²) in [6, 6.07) is 6.48. The molecular weight excluding hydrogens is 427 g/mol. The minimum Gasteiger partial charge on any atom is -0.481 e. The minimum absolute atomic E-state index is 0.00463. The van der Waals surface area contributed by atoms with Crippen LogP contribution in [-0.4, -0.2) is 60.9 Å². The molecule has 0 radical (unpaired) electrons. The second-order valence-electron chi connectivity index (χ2n) is 7.58. The van der Waals surface area contributed by atoms with E-state index in [0.717, 1.165) is 5.56 Å². The highest BCUT2D eigenvalue weighted by Gasteiger charge is 2.31. The van der Waals surface area contributed by atoms with Gasteiger partial charge in [-0.1, -0.05) is 44.2 Å². The highest BCUT2D eigenvalue weighted by molar-refractivity contribution is 7.57. The van der Waals surface area contributed by atoms with E-state index in [4.69, 9.17) is 14.4 Å². The number of aliphatic carboxylic acids is 1. The molecule has 172 valence electrons. The number of hydrogen-bond donors (Lipinski definition) is 3. The van der Waals surface area contributed by atoms with Crippen LogP contribution in [0.2, 0.25) is 0 Å². The predicted octanol–water partition coefficient (Wildman–Crippen LogP) is 2.02. The zero-order valence-corrected chi connectivity index (χ0v) is 18.9. The van der Waals surface area contributed by atoms with Crippen molar-refractivity contribution in [1.29, 1.82) is 0 Å². The van der Waals surface area contributed by atoms with Crippen LogP contribution in [0.5, 0.6) is 0 Å². The van der Waals surface area contributed by atoms with Crippen LogP contribution in [0.4, 0.5) is 4.79 Å². The Kier molecular flexibility index (Phi) is 10.4. The Morgan fingerprint density at radius 1 is 1.06 bits per heavy atom. The van der Waals surface area contributed by atoms with E-state index in [2.05, 4.69) is 10.6 Å². The highest BCUT2D eigenvalue weighted by atomic mass is 31.2. The topological polar surface area (TPSA) is 148 Å². The molecule has 1 aromatic rings. The van der Waals surface area contributed by atoms with Crippen LogP contribution in [0.3, 0.4) is 0 Å². The van der Waals surface area contributed by atoms with Crippen LogP contribution >= 0.6 is 7.37 Å². The second kappa shape index (κ2) is 12.2. The molecule has 0 saturated heterocycles. The Bertz CT molecular complexity index is 822. The number of carbonyl (C=O) groups is 4. The maximum absolute atomic E-state index is 12.7. The first-order valence-corrected chi connectivity index (χ1v) is 12.1. The molecule has 2 amide bonds. The summed E-state index contributed by atoms with van der Waals surface area (Å²) in [6.45, 7) is 5.36. The van der Waals surface area contributed by atoms with E-state index >= 15 is 0 Å². The van der Waals surface area contributed by atoms with Crippen molar-refractivity contribution in [3.63, 3.8) is 0 Å². The van der Waals surface area contributed by atoms with E-state index in [1.54, 1.807) is 38.1 Å². The van der Waals surface area contributed by atoms with Crippen molar-refractivity contribution < 1.29 is 38.1 Å². The van der Waals surface area contributed by atoms with Gasteiger partial charge >= 0.3 is 12.1 Å². The molecule has 11 heteroatoms. The van der Waals surface area contributed by atoms with Crippen LogP contribution in [0, 0.1) is 5.92 Å². The first kappa shape index (κ1) is 26.3. The SMILES string of the molecule is CC(C)[C@H](NC(=O)OCc1ccccc1)C(=O)N[C@@H](CC(=O)O)C(=O)COP(C)(C)=O. The van der Waals surface area contributed by atoms with Gasteiger partial charge in [0.15, 0.2) is 13.2 Å². The molecule has 1 rings (SSSR count). The van der Waals surface area contributed by atoms with Gasteiger partial charge in [-0.2, -0.15) is 0 Å². The van der Waals surface area contributed by atoms with Gasteiger partial charge in [-0.3, -0.25) is 18.9 Å².